The highest BCUT2D eigenvalue weighted by molar-refractivity contribution is 7.89. The first-order chi connectivity index (χ1) is 8.37. The van der Waals surface area contributed by atoms with Crippen molar-refractivity contribution >= 4 is 10.0 Å². The van der Waals surface area contributed by atoms with Crippen LogP contribution in [0.2, 0.25) is 0 Å². The topological polar surface area (TPSA) is 57.6 Å². The molecule has 0 spiro atoms. The number of hydrogen-bond donors (Lipinski definition) is 1. The Kier molecular flexibility index (Phi) is 5.31. The molecule has 0 heterocycles. The molecule has 5 heteroatoms. The van der Waals surface area contributed by atoms with Crippen LogP contribution in [0.5, 0.6) is 0 Å². The van der Waals surface area contributed by atoms with Gasteiger partial charge in [-0.1, -0.05) is 26.0 Å². The summed E-state index contributed by atoms with van der Waals surface area (Å²) < 4.78 is 26.2. The quantitative estimate of drug-likeness (QED) is 0.855. The van der Waals surface area contributed by atoms with Crippen LogP contribution in [0.1, 0.15) is 19.4 Å². The summed E-state index contributed by atoms with van der Waals surface area (Å²) in [6.07, 6.45) is 0. The molecule has 0 radical (unpaired) electrons. The number of rotatable bonds is 6. The van der Waals surface area contributed by atoms with Crippen molar-refractivity contribution in [3.63, 3.8) is 0 Å². The fourth-order valence-corrected chi connectivity index (χ4v) is 3.45. The molecule has 102 valence electrons. The Morgan fingerprint density at radius 3 is 2.50 bits per heavy atom. The number of aliphatic hydroxyl groups is 1. The monoisotopic (exact) mass is 271 g/mol. The van der Waals surface area contributed by atoms with E-state index in [-0.39, 0.29) is 24.0 Å². The van der Waals surface area contributed by atoms with Gasteiger partial charge in [-0.2, -0.15) is 4.31 Å². The van der Waals surface area contributed by atoms with Crippen LogP contribution >= 0.6 is 0 Å². The first-order valence-corrected chi connectivity index (χ1v) is 7.49. The number of benzene rings is 1. The van der Waals surface area contributed by atoms with E-state index in [4.69, 9.17) is 5.11 Å². The van der Waals surface area contributed by atoms with Gasteiger partial charge in [0.1, 0.15) is 0 Å². The van der Waals surface area contributed by atoms with Crippen molar-refractivity contribution in [2.45, 2.75) is 25.7 Å². The van der Waals surface area contributed by atoms with E-state index < -0.39 is 10.0 Å². The first-order valence-electron chi connectivity index (χ1n) is 6.05. The van der Waals surface area contributed by atoms with Crippen LogP contribution in [0.25, 0.3) is 0 Å². The zero-order chi connectivity index (χ0) is 13.8. The molecular formula is C13H21NO3S. The molecule has 1 aromatic rings. The molecule has 0 amide bonds. The molecule has 0 atom stereocenters. The Hall–Kier alpha value is -0.910. The fourth-order valence-electron chi connectivity index (χ4n) is 1.75. The Morgan fingerprint density at radius 1 is 1.33 bits per heavy atom. The largest absolute Gasteiger partial charge is 0.395 e. The molecular weight excluding hydrogens is 250 g/mol. The number of aryl methyl sites for hydroxylation is 1. The summed E-state index contributed by atoms with van der Waals surface area (Å²) in [6, 6.07) is 6.83. The van der Waals surface area contributed by atoms with E-state index in [1.165, 1.54) is 4.31 Å². The van der Waals surface area contributed by atoms with E-state index in [1.54, 1.807) is 18.2 Å². The molecule has 0 saturated heterocycles. The lowest BCUT2D eigenvalue weighted by molar-refractivity contribution is 0.244. The fraction of sp³-hybridized carbons (Fsp3) is 0.538. The van der Waals surface area contributed by atoms with Crippen molar-refractivity contribution in [1.82, 2.24) is 4.31 Å². The number of aliphatic hydroxyl groups excluding tert-OH is 1. The molecule has 0 aliphatic heterocycles. The first kappa shape index (κ1) is 15.1. The van der Waals surface area contributed by atoms with Crippen molar-refractivity contribution in [2.75, 3.05) is 19.7 Å². The minimum absolute atomic E-state index is 0.133. The van der Waals surface area contributed by atoms with Crippen LogP contribution in [0.4, 0.5) is 0 Å². The molecule has 0 aliphatic rings. The number of hydrogen-bond acceptors (Lipinski definition) is 3. The molecule has 1 aromatic carbocycles. The van der Waals surface area contributed by atoms with Gasteiger partial charge in [0.15, 0.2) is 0 Å². The SMILES string of the molecule is Cc1cccc(S(=O)(=O)N(CCO)CC(C)C)c1. The third-order valence-corrected chi connectivity index (χ3v) is 4.41. The second-order valence-corrected chi connectivity index (χ2v) is 6.73. The minimum Gasteiger partial charge on any atom is -0.395 e. The Balaban J connectivity index is 3.08. The van der Waals surface area contributed by atoms with Crippen LogP contribution < -0.4 is 0 Å². The van der Waals surface area contributed by atoms with E-state index in [0.29, 0.717) is 6.54 Å². The molecule has 0 saturated carbocycles. The van der Waals surface area contributed by atoms with Crippen molar-refractivity contribution in [3.8, 4) is 0 Å². The molecule has 0 aliphatic carbocycles. The number of nitrogens with zero attached hydrogens (tertiary/aromatic N) is 1. The zero-order valence-electron chi connectivity index (χ0n) is 11.1. The van der Waals surface area contributed by atoms with E-state index in [9.17, 15) is 8.42 Å². The molecule has 4 nitrogen and oxygen atoms in total. The summed E-state index contributed by atoms with van der Waals surface area (Å²) in [5.74, 6) is 0.219. The van der Waals surface area contributed by atoms with Crippen LogP contribution in [0.15, 0.2) is 29.2 Å². The van der Waals surface area contributed by atoms with Gasteiger partial charge in [-0.15, -0.1) is 0 Å². The van der Waals surface area contributed by atoms with Gasteiger partial charge >= 0.3 is 0 Å². The van der Waals surface area contributed by atoms with Crippen molar-refractivity contribution in [3.05, 3.63) is 29.8 Å². The lowest BCUT2D eigenvalue weighted by atomic mass is 10.2. The van der Waals surface area contributed by atoms with E-state index in [2.05, 4.69) is 0 Å². The van der Waals surface area contributed by atoms with Gasteiger partial charge in [-0.25, -0.2) is 8.42 Å². The van der Waals surface area contributed by atoms with Crippen LogP contribution in [-0.4, -0.2) is 37.5 Å². The van der Waals surface area contributed by atoms with Gasteiger partial charge in [0, 0.05) is 13.1 Å². The molecule has 0 fully saturated rings. The van der Waals surface area contributed by atoms with Crippen LogP contribution in [0.3, 0.4) is 0 Å². The van der Waals surface area contributed by atoms with Crippen molar-refractivity contribution < 1.29 is 13.5 Å². The van der Waals surface area contributed by atoms with Gasteiger partial charge in [0.2, 0.25) is 10.0 Å². The van der Waals surface area contributed by atoms with Gasteiger partial charge in [0.05, 0.1) is 11.5 Å². The Morgan fingerprint density at radius 2 is 2.00 bits per heavy atom. The summed E-state index contributed by atoms with van der Waals surface area (Å²) in [5, 5.41) is 9.01. The maximum atomic E-state index is 12.4. The summed E-state index contributed by atoms with van der Waals surface area (Å²) >= 11 is 0. The second kappa shape index (κ2) is 6.31. The molecule has 0 aromatic heterocycles. The summed E-state index contributed by atoms with van der Waals surface area (Å²) in [7, 11) is -3.51. The van der Waals surface area contributed by atoms with Gasteiger partial charge in [0.25, 0.3) is 0 Å². The third kappa shape index (κ3) is 3.80. The third-order valence-electron chi connectivity index (χ3n) is 2.55. The highest BCUT2D eigenvalue weighted by atomic mass is 32.2. The smallest absolute Gasteiger partial charge is 0.243 e. The summed E-state index contributed by atoms with van der Waals surface area (Å²) in [5.41, 5.74) is 0.907. The predicted molar refractivity (Wildman–Crippen MR) is 71.9 cm³/mol. The average molecular weight is 271 g/mol. The lowest BCUT2D eigenvalue weighted by Gasteiger charge is -2.23. The Labute approximate surface area is 109 Å². The van der Waals surface area contributed by atoms with Gasteiger partial charge < -0.3 is 5.11 Å². The highest BCUT2D eigenvalue weighted by Crippen LogP contribution is 2.17. The maximum Gasteiger partial charge on any atom is 0.243 e. The zero-order valence-corrected chi connectivity index (χ0v) is 11.9. The second-order valence-electron chi connectivity index (χ2n) is 4.80. The average Bonchev–Trinajstić information content (AvgIpc) is 2.28. The highest BCUT2D eigenvalue weighted by Gasteiger charge is 2.24. The van der Waals surface area contributed by atoms with Crippen LogP contribution in [-0.2, 0) is 10.0 Å². The van der Waals surface area contributed by atoms with Gasteiger partial charge in [-0.05, 0) is 30.5 Å². The van der Waals surface area contributed by atoms with Crippen molar-refractivity contribution in [1.29, 1.82) is 0 Å². The lowest BCUT2D eigenvalue weighted by Crippen LogP contribution is -2.36. The molecule has 18 heavy (non-hydrogen) atoms. The Bertz CT molecular complexity index is 483. The van der Waals surface area contributed by atoms with E-state index in [0.717, 1.165) is 5.56 Å². The summed E-state index contributed by atoms with van der Waals surface area (Å²) in [4.78, 5) is 0.289. The van der Waals surface area contributed by atoms with Gasteiger partial charge in [-0.3, -0.25) is 0 Å². The predicted octanol–water partition coefficient (Wildman–Crippen LogP) is 1.63. The minimum atomic E-state index is -3.51. The maximum absolute atomic E-state index is 12.4. The van der Waals surface area contributed by atoms with Crippen molar-refractivity contribution in [2.24, 2.45) is 5.92 Å². The van der Waals surface area contributed by atoms with E-state index in [1.807, 2.05) is 26.8 Å². The van der Waals surface area contributed by atoms with E-state index >= 15 is 0 Å². The number of sulfonamides is 1. The molecule has 1 N–H and O–H groups in total. The van der Waals surface area contributed by atoms with Crippen LogP contribution in [0, 0.1) is 12.8 Å². The molecule has 0 unspecified atom stereocenters. The standard InChI is InChI=1S/C13H21NO3S/c1-11(2)10-14(7-8-15)18(16,17)13-6-4-5-12(3)9-13/h4-6,9,11,15H,7-8,10H2,1-3H3. The molecule has 0 bridgehead atoms. The summed E-state index contributed by atoms with van der Waals surface area (Å²) in [6.45, 7) is 6.15. The molecule has 1 rings (SSSR count). The normalized spacial score (nSPS) is 12.3.